The topological polar surface area (TPSA) is 82.9 Å². The summed E-state index contributed by atoms with van der Waals surface area (Å²) in [4.78, 5) is 26.9. The molecule has 0 aromatic carbocycles. The second kappa shape index (κ2) is 6.13. The van der Waals surface area contributed by atoms with Gasteiger partial charge in [-0.05, 0) is 6.07 Å². The van der Waals surface area contributed by atoms with Crippen LogP contribution < -0.4 is 5.32 Å². The summed E-state index contributed by atoms with van der Waals surface area (Å²) in [6.07, 6.45) is -0.247. The third-order valence-electron chi connectivity index (χ3n) is 3.51. The maximum absolute atomic E-state index is 13.3. The molecule has 1 aliphatic rings. The van der Waals surface area contributed by atoms with Crippen molar-refractivity contribution in [2.45, 2.75) is 18.8 Å². The van der Waals surface area contributed by atoms with E-state index in [9.17, 15) is 22.8 Å². The Morgan fingerprint density at radius 1 is 1.45 bits per heavy atom. The Labute approximate surface area is 124 Å². The summed E-state index contributed by atoms with van der Waals surface area (Å²) in [7, 11) is 0. The number of pyridine rings is 1. The van der Waals surface area contributed by atoms with Crippen molar-refractivity contribution in [1.29, 1.82) is 5.26 Å². The lowest BCUT2D eigenvalue weighted by molar-refractivity contribution is -0.123. The summed E-state index contributed by atoms with van der Waals surface area (Å²) in [5.74, 6) is -7.40. The van der Waals surface area contributed by atoms with E-state index < -0.39 is 54.8 Å². The van der Waals surface area contributed by atoms with Gasteiger partial charge in [-0.1, -0.05) is 0 Å². The number of Topliss-reactive ketones (excluding diaryl/α,β-unsaturated/α-hetero) is 1. The molecule has 1 aromatic rings. The van der Waals surface area contributed by atoms with Crippen LogP contribution in [0.25, 0.3) is 0 Å². The van der Waals surface area contributed by atoms with Crippen LogP contribution in [-0.2, 0) is 4.79 Å². The average Bonchev–Trinajstić information content (AvgIpc) is 2.79. The average molecular weight is 311 g/mol. The fraction of sp³-hybridized carbons (Fsp3) is 0.429. The van der Waals surface area contributed by atoms with E-state index in [1.54, 1.807) is 6.07 Å². The van der Waals surface area contributed by atoms with E-state index in [1.807, 2.05) is 0 Å². The van der Waals surface area contributed by atoms with Crippen LogP contribution in [0.2, 0.25) is 0 Å². The van der Waals surface area contributed by atoms with Crippen LogP contribution in [0.4, 0.5) is 13.2 Å². The summed E-state index contributed by atoms with van der Waals surface area (Å²) in [6.45, 7) is -0.484. The molecule has 116 valence electrons. The quantitative estimate of drug-likeness (QED) is 0.858. The fourth-order valence-corrected chi connectivity index (χ4v) is 2.43. The van der Waals surface area contributed by atoms with Crippen molar-refractivity contribution < 1.29 is 22.8 Å². The summed E-state index contributed by atoms with van der Waals surface area (Å²) in [6, 6.07) is 3.85. The van der Waals surface area contributed by atoms with Gasteiger partial charge in [-0.25, -0.2) is 13.8 Å². The third-order valence-corrected chi connectivity index (χ3v) is 3.51. The van der Waals surface area contributed by atoms with Gasteiger partial charge >= 0.3 is 0 Å². The molecule has 0 radical (unpaired) electrons. The maximum atomic E-state index is 13.3. The molecule has 0 spiro atoms. The highest BCUT2D eigenvalue weighted by Crippen LogP contribution is 2.43. The number of nitrogens with zero attached hydrogens (tertiary/aromatic N) is 2. The monoisotopic (exact) mass is 311 g/mol. The molecule has 1 unspecified atom stereocenters. The fourth-order valence-electron chi connectivity index (χ4n) is 2.43. The summed E-state index contributed by atoms with van der Waals surface area (Å²) < 4.78 is 39.4. The molecule has 0 aliphatic heterocycles. The molecular formula is C14H12F3N3O2. The first kappa shape index (κ1) is 15.9. The molecule has 2 atom stereocenters. The Kier molecular flexibility index (Phi) is 4.45. The molecule has 1 aliphatic carbocycles. The van der Waals surface area contributed by atoms with Crippen molar-refractivity contribution >= 4 is 11.7 Å². The van der Waals surface area contributed by atoms with Crippen molar-refractivity contribution in [3.63, 3.8) is 0 Å². The molecule has 1 fully saturated rings. The Morgan fingerprint density at radius 3 is 2.82 bits per heavy atom. The van der Waals surface area contributed by atoms with Crippen molar-refractivity contribution in [3.05, 3.63) is 29.8 Å². The zero-order chi connectivity index (χ0) is 16.3. The van der Waals surface area contributed by atoms with E-state index in [0.717, 1.165) is 12.3 Å². The minimum atomic E-state index is -3.04. The Hall–Kier alpha value is -2.43. The minimum absolute atomic E-state index is 0.0334. The largest absolute Gasteiger partial charge is 0.345 e. The van der Waals surface area contributed by atoms with Gasteiger partial charge in [-0.2, -0.15) is 9.65 Å². The van der Waals surface area contributed by atoms with E-state index in [1.165, 1.54) is 6.07 Å². The number of nitriles is 1. The lowest BCUT2D eigenvalue weighted by Gasteiger charge is -2.12. The van der Waals surface area contributed by atoms with Gasteiger partial charge < -0.3 is 5.32 Å². The number of carbonyl (C=O) groups is 2. The molecule has 1 saturated carbocycles. The highest BCUT2D eigenvalue weighted by atomic mass is 19.3. The molecule has 0 saturated heterocycles. The van der Waals surface area contributed by atoms with Gasteiger partial charge in [0, 0.05) is 36.6 Å². The normalized spacial score (nSPS) is 22.8. The van der Waals surface area contributed by atoms with Gasteiger partial charge in [0.25, 0.3) is 5.91 Å². The van der Waals surface area contributed by atoms with E-state index in [4.69, 9.17) is 5.26 Å². The molecular weight excluding hydrogens is 299 g/mol. The van der Waals surface area contributed by atoms with Crippen LogP contribution in [0, 0.1) is 29.1 Å². The van der Waals surface area contributed by atoms with Gasteiger partial charge in [0.2, 0.25) is 11.9 Å². The van der Waals surface area contributed by atoms with Gasteiger partial charge in [0.15, 0.2) is 5.78 Å². The number of hydrogen-bond donors (Lipinski definition) is 1. The van der Waals surface area contributed by atoms with Crippen LogP contribution in [-0.4, -0.2) is 29.1 Å². The smallest absolute Gasteiger partial charge is 0.251 e. The molecule has 1 amide bonds. The van der Waals surface area contributed by atoms with Crippen molar-refractivity contribution in [1.82, 2.24) is 10.3 Å². The second-order valence-electron chi connectivity index (χ2n) is 5.12. The molecule has 5 nitrogen and oxygen atoms in total. The van der Waals surface area contributed by atoms with Crippen LogP contribution >= 0.6 is 0 Å². The van der Waals surface area contributed by atoms with Gasteiger partial charge in [-0.3, -0.25) is 9.59 Å². The number of hydrogen-bond acceptors (Lipinski definition) is 4. The number of alkyl halides is 2. The zero-order valence-electron chi connectivity index (χ0n) is 11.4. The van der Waals surface area contributed by atoms with Crippen molar-refractivity contribution in [2.75, 3.05) is 6.54 Å². The first-order chi connectivity index (χ1) is 10.3. The highest BCUT2D eigenvalue weighted by Gasteiger charge is 2.49. The number of aromatic nitrogens is 1. The molecule has 0 bridgehead atoms. The van der Waals surface area contributed by atoms with Gasteiger partial charge in [0.1, 0.15) is 0 Å². The van der Waals surface area contributed by atoms with Gasteiger partial charge in [0.05, 0.1) is 18.5 Å². The highest BCUT2D eigenvalue weighted by molar-refractivity contribution is 5.97. The number of rotatable bonds is 4. The lowest BCUT2D eigenvalue weighted by Crippen LogP contribution is -2.34. The van der Waals surface area contributed by atoms with E-state index in [2.05, 4.69) is 10.3 Å². The molecule has 8 heteroatoms. The number of carbonyl (C=O) groups excluding carboxylic acids is 2. The van der Waals surface area contributed by atoms with Crippen molar-refractivity contribution in [2.24, 2.45) is 11.8 Å². The van der Waals surface area contributed by atoms with E-state index in [0.29, 0.717) is 0 Å². The first-order valence-corrected chi connectivity index (χ1v) is 6.52. The Bertz CT molecular complexity index is 642. The number of ketones is 1. The standard InChI is InChI=1S/C14H12F3N3O2/c15-12-3-8(1-2-19-12)13(22)20-7-11(21)10-5-14(16,17)4-9(10)6-18/h1-3,9-10H,4-5,7H2,(H,20,22)/t9-,10?/m0/s1. The van der Waals surface area contributed by atoms with Crippen LogP contribution in [0.15, 0.2) is 18.3 Å². The third kappa shape index (κ3) is 3.61. The summed E-state index contributed by atoms with van der Waals surface area (Å²) >= 11 is 0. The number of amides is 1. The molecule has 1 N–H and O–H groups in total. The van der Waals surface area contributed by atoms with E-state index >= 15 is 0 Å². The molecule has 2 rings (SSSR count). The molecule has 1 aromatic heterocycles. The zero-order valence-corrected chi connectivity index (χ0v) is 11.4. The Balaban J connectivity index is 1.96. The van der Waals surface area contributed by atoms with E-state index in [-0.39, 0.29) is 5.56 Å². The molecule has 1 heterocycles. The Morgan fingerprint density at radius 2 is 2.18 bits per heavy atom. The number of halogens is 3. The molecule has 22 heavy (non-hydrogen) atoms. The first-order valence-electron chi connectivity index (χ1n) is 6.52. The maximum Gasteiger partial charge on any atom is 0.251 e. The second-order valence-corrected chi connectivity index (χ2v) is 5.12. The minimum Gasteiger partial charge on any atom is -0.345 e. The van der Waals surface area contributed by atoms with Gasteiger partial charge in [-0.15, -0.1) is 0 Å². The lowest BCUT2D eigenvalue weighted by atomic mass is 9.93. The predicted molar refractivity (Wildman–Crippen MR) is 68.3 cm³/mol. The summed E-state index contributed by atoms with van der Waals surface area (Å²) in [5.41, 5.74) is -0.0334. The van der Waals surface area contributed by atoms with Crippen molar-refractivity contribution in [3.8, 4) is 6.07 Å². The van der Waals surface area contributed by atoms with Crippen LogP contribution in [0.1, 0.15) is 23.2 Å². The van der Waals surface area contributed by atoms with Crippen LogP contribution in [0.3, 0.4) is 0 Å². The SMILES string of the molecule is N#C[C@@H]1CC(F)(F)CC1C(=O)CNC(=O)c1ccnc(F)c1. The number of nitrogens with one attached hydrogen (secondary N) is 1. The van der Waals surface area contributed by atoms with Crippen LogP contribution in [0.5, 0.6) is 0 Å². The summed E-state index contributed by atoms with van der Waals surface area (Å²) in [5, 5.41) is 11.1. The predicted octanol–water partition coefficient (Wildman–Crippen LogP) is 1.70.